The minimum absolute atomic E-state index is 0.0725. The Balaban J connectivity index is 3.50. The van der Waals surface area contributed by atoms with Crippen LogP contribution in [0, 0.1) is 21.4 Å². The molecule has 1 rings (SSSR count). The van der Waals surface area contributed by atoms with Crippen LogP contribution in [0.4, 0.5) is 18.9 Å². The van der Waals surface area contributed by atoms with E-state index in [1.165, 1.54) is 13.0 Å². The van der Waals surface area contributed by atoms with Gasteiger partial charge in [0.25, 0.3) is 0 Å². The highest BCUT2D eigenvalue weighted by atomic mass is 32.2. The Labute approximate surface area is 120 Å². The molecule has 0 N–H and O–H groups in total. The summed E-state index contributed by atoms with van der Waals surface area (Å²) < 4.78 is 41.7. The van der Waals surface area contributed by atoms with E-state index in [1.807, 2.05) is 0 Å². The van der Waals surface area contributed by atoms with Crippen LogP contribution < -0.4 is 0 Å². The third-order valence-electron chi connectivity index (χ3n) is 2.16. The van der Waals surface area contributed by atoms with Gasteiger partial charge >= 0.3 is 17.2 Å². The maximum Gasteiger partial charge on any atom is 0.446 e. The summed E-state index contributed by atoms with van der Waals surface area (Å²) in [6.07, 6.45) is 0. The van der Waals surface area contributed by atoms with Gasteiger partial charge in [-0.2, -0.15) is 18.4 Å². The molecule has 10 heteroatoms. The first kappa shape index (κ1) is 16.8. The second-order valence-electron chi connectivity index (χ2n) is 3.47. The van der Waals surface area contributed by atoms with Crippen LogP contribution in [0.1, 0.15) is 22.8 Å². The van der Waals surface area contributed by atoms with Crippen molar-refractivity contribution in [1.29, 1.82) is 5.26 Å². The molecule has 6 nitrogen and oxygen atoms in total. The van der Waals surface area contributed by atoms with Crippen molar-refractivity contribution in [3.05, 3.63) is 33.4 Å². The fourth-order valence-corrected chi connectivity index (χ4v) is 2.08. The van der Waals surface area contributed by atoms with Crippen LogP contribution in [0.15, 0.2) is 17.0 Å². The average Bonchev–Trinajstić information content (AvgIpc) is 2.36. The summed E-state index contributed by atoms with van der Waals surface area (Å²) in [5.74, 6) is -1.08. The second-order valence-corrected chi connectivity index (χ2v) is 4.58. The zero-order chi connectivity index (χ0) is 16.2. The predicted octanol–water partition coefficient (Wildman–Crippen LogP) is 3.26. The number of nitriles is 1. The van der Waals surface area contributed by atoms with Crippen LogP contribution in [0.5, 0.6) is 0 Å². The highest BCUT2D eigenvalue weighted by molar-refractivity contribution is 8.00. The molecule has 0 aliphatic rings. The Morgan fingerprint density at radius 3 is 2.57 bits per heavy atom. The van der Waals surface area contributed by atoms with Crippen LogP contribution in [0.3, 0.4) is 0 Å². The van der Waals surface area contributed by atoms with Crippen LogP contribution in [-0.2, 0) is 4.74 Å². The maximum atomic E-state index is 12.4. The number of hydrogen-bond donors (Lipinski definition) is 0. The number of carbonyl (C=O) groups is 1. The summed E-state index contributed by atoms with van der Waals surface area (Å²) in [6, 6.07) is 3.00. The third kappa shape index (κ3) is 4.09. The number of esters is 1. The zero-order valence-electron chi connectivity index (χ0n) is 10.4. The van der Waals surface area contributed by atoms with E-state index in [4.69, 9.17) is 5.26 Å². The standard InChI is InChI=1S/C11H7F3N2O4S/c1-2-20-10(17)6-3-4-8(21-11(12,13)14)7(5-15)9(6)16(18)19/h3-4H,2H2,1H3. The van der Waals surface area contributed by atoms with Gasteiger partial charge in [0.1, 0.15) is 17.2 Å². The lowest BCUT2D eigenvalue weighted by Crippen LogP contribution is -2.10. The van der Waals surface area contributed by atoms with Crippen LogP contribution in [-0.4, -0.2) is 23.0 Å². The lowest BCUT2D eigenvalue weighted by molar-refractivity contribution is -0.385. The number of nitrogens with zero attached hydrogens (tertiary/aromatic N) is 2. The smallest absolute Gasteiger partial charge is 0.446 e. The molecule has 0 amide bonds. The molecule has 0 bridgehead atoms. The molecular formula is C11H7F3N2O4S. The van der Waals surface area contributed by atoms with Crippen molar-refractivity contribution >= 4 is 23.4 Å². The van der Waals surface area contributed by atoms with E-state index in [0.29, 0.717) is 0 Å². The maximum absolute atomic E-state index is 12.4. The molecule has 0 aromatic heterocycles. The molecule has 112 valence electrons. The van der Waals surface area contributed by atoms with E-state index in [-0.39, 0.29) is 6.61 Å². The van der Waals surface area contributed by atoms with Gasteiger partial charge in [0.2, 0.25) is 0 Å². The lowest BCUT2D eigenvalue weighted by Gasteiger charge is -2.09. The van der Waals surface area contributed by atoms with Gasteiger partial charge in [-0.15, -0.1) is 0 Å². The van der Waals surface area contributed by atoms with Crippen LogP contribution >= 0.6 is 11.8 Å². The number of hydrogen-bond acceptors (Lipinski definition) is 6. The van der Waals surface area contributed by atoms with E-state index in [9.17, 15) is 28.1 Å². The minimum atomic E-state index is -4.72. The van der Waals surface area contributed by atoms with E-state index >= 15 is 0 Å². The number of benzene rings is 1. The van der Waals surface area contributed by atoms with Gasteiger partial charge in [-0.1, -0.05) is 0 Å². The number of thioether (sulfide) groups is 1. The molecule has 1 aromatic carbocycles. The van der Waals surface area contributed by atoms with Crippen molar-refractivity contribution in [2.45, 2.75) is 17.3 Å². The van der Waals surface area contributed by atoms with Gasteiger partial charge < -0.3 is 4.74 Å². The minimum Gasteiger partial charge on any atom is -0.462 e. The molecule has 0 spiro atoms. The number of ether oxygens (including phenoxy) is 1. The molecular weight excluding hydrogens is 313 g/mol. The van der Waals surface area contributed by atoms with Gasteiger partial charge in [0.15, 0.2) is 0 Å². The topological polar surface area (TPSA) is 93.2 Å². The monoisotopic (exact) mass is 320 g/mol. The summed E-state index contributed by atoms with van der Waals surface area (Å²) in [5.41, 5.74) is -7.10. The first-order valence-electron chi connectivity index (χ1n) is 5.35. The molecule has 0 atom stereocenters. The Bertz CT molecular complexity index is 625. The number of rotatable bonds is 4. The number of halogens is 3. The van der Waals surface area contributed by atoms with Crippen molar-refractivity contribution in [2.75, 3.05) is 6.61 Å². The molecule has 0 aliphatic carbocycles. The Morgan fingerprint density at radius 1 is 1.52 bits per heavy atom. The van der Waals surface area contributed by atoms with Gasteiger partial charge in [-0.05, 0) is 30.8 Å². The predicted molar refractivity (Wildman–Crippen MR) is 65.7 cm³/mol. The largest absolute Gasteiger partial charge is 0.462 e. The van der Waals surface area contributed by atoms with E-state index < -0.39 is 49.9 Å². The summed E-state index contributed by atoms with van der Waals surface area (Å²) in [5, 5.41) is 19.9. The molecule has 0 saturated carbocycles. The van der Waals surface area contributed by atoms with Gasteiger partial charge in [-0.25, -0.2) is 4.79 Å². The molecule has 1 aromatic rings. The van der Waals surface area contributed by atoms with Crippen molar-refractivity contribution in [3.8, 4) is 6.07 Å². The summed E-state index contributed by atoms with van der Waals surface area (Å²) >= 11 is -0.662. The van der Waals surface area contributed by atoms with E-state index in [0.717, 1.165) is 12.1 Å². The van der Waals surface area contributed by atoms with Crippen molar-refractivity contribution in [2.24, 2.45) is 0 Å². The van der Waals surface area contributed by atoms with Crippen LogP contribution in [0.25, 0.3) is 0 Å². The number of alkyl halides is 3. The number of carbonyl (C=O) groups excluding carboxylic acids is 1. The number of nitro groups is 1. The van der Waals surface area contributed by atoms with Gasteiger partial charge in [-0.3, -0.25) is 10.1 Å². The zero-order valence-corrected chi connectivity index (χ0v) is 11.2. The van der Waals surface area contributed by atoms with E-state index in [2.05, 4.69) is 4.74 Å². The van der Waals surface area contributed by atoms with Gasteiger partial charge in [0.05, 0.1) is 11.5 Å². The van der Waals surface area contributed by atoms with Crippen molar-refractivity contribution in [3.63, 3.8) is 0 Å². The first-order valence-corrected chi connectivity index (χ1v) is 6.17. The third-order valence-corrected chi connectivity index (χ3v) is 2.95. The Hall–Kier alpha value is -2.28. The van der Waals surface area contributed by atoms with Crippen LogP contribution in [0.2, 0.25) is 0 Å². The first-order chi connectivity index (χ1) is 9.71. The molecule has 0 aliphatic heterocycles. The summed E-state index contributed by atoms with van der Waals surface area (Å²) in [6.45, 7) is 1.39. The molecule has 0 heterocycles. The molecule has 0 saturated heterocycles. The second kappa shape index (κ2) is 6.45. The molecule has 0 fully saturated rings. The fraction of sp³-hybridized carbons (Fsp3) is 0.273. The van der Waals surface area contributed by atoms with Crippen molar-refractivity contribution < 1.29 is 27.6 Å². The highest BCUT2D eigenvalue weighted by Crippen LogP contribution is 2.41. The highest BCUT2D eigenvalue weighted by Gasteiger charge is 2.35. The Morgan fingerprint density at radius 2 is 2.14 bits per heavy atom. The fourth-order valence-electron chi connectivity index (χ4n) is 1.45. The molecule has 0 unspecified atom stereocenters. The quantitative estimate of drug-likeness (QED) is 0.366. The molecule has 0 radical (unpaired) electrons. The SMILES string of the molecule is CCOC(=O)c1ccc(SC(F)(F)F)c(C#N)c1[N+](=O)[O-]. The average molecular weight is 320 g/mol. The molecule has 21 heavy (non-hydrogen) atoms. The Kier molecular flexibility index (Phi) is 5.15. The number of nitro benzene ring substituents is 1. The normalized spacial score (nSPS) is 10.8. The van der Waals surface area contributed by atoms with Gasteiger partial charge in [0, 0.05) is 4.90 Å². The summed E-state index contributed by atoms with van der Waals surface area (Å²) in [4.78, 5) is 20.8. The van der Waals surface area contributed by atoms with Crippen molar-refractivity contribution in [1.82, 2.24) is 0 Å². The van der Waals surface area contributed by atoms with E-state index in [1.54, 1.807) is 0 Å². The lowest BCUT2D eigenvalue weighted by atomic mass is 10.1. The summed E-state index contributed by atoms with van der Waals surface area (Å²) in [7, 11) is 0.